The maximum absolute atomic E-state index is 12.3. The summed E-state index contributed by atoms with van der Waals surface area (Å²) in [7, 11) is 1.79. The molecule has 0 unspecified atom stereocenters. The minimum Gasteiger partial charge on any atom is -0.369 e. The summed E-state index contributed by atoms with van der Waals surface area (Å²) >= 11 is 9.22. The second kappa shape index (κ2) is 9.26. The number of nitrogens with zero attached hydrogens (tertiary/aromatic N) is 2. The molecule has 1 fully saturated rings. The van der Waals surface area contributed by atoms with Crippen LogP contribution in [0.25, 0.3) is 0 Å². The van der Waals surface area contributed by atoms with Gasteiger partial charge in [0.1, 0.15) is 4.21 Å². The van der Waals surface area contributed by atoms with E-state index in [9.17, 15) is 8.42 Å². The summed E-state index contributed by atoms with van der Waals surface area (Å²) in [6.07, 6.45) is 6.20. The van der Waals surface area contributed by atoms with Crippen LogP contribution in [0.15, 0.2) is 38.8 Å². The smallest absolute Gasteiger partial charge is 0.252 e. The molecule has 3 rings (SSSR count). The second-order valence-corrected chi connectivity index (χ2v) is 12.1. The molecule has 1 saturated carbocycles. The predicted octanol–water partition coefficient (Wildman–Crippen LogP) is 5.54. The van der Waals surface area contributed by atoms with Crippen LogP contribution >= 0.6 is 34.9 Å². The Balaban J connectivity index is 1.77. The van der Waals surface area contributed by atoms with E-state index in [1.807, 2.05) is 24.3 Å². The molecule has 0 bridgehead atoms. The van der Waals surface area contributed by atoms with Crippen molar-refractivity contribution < 1.29 is 8.42 Å². The molecule has 1 aromatic carbocycles. The monoisotopic (exact) mass is 459 g/mol. The Bertz CT molecular complexity index is 909. The van der Waals surface area contributed by atoms with Gasteiger partial charge in [0.25, 0.3) is 10.0 Å². The SMILES string of the molecule is CN(c1c(Cl)cccc1NSc1ccc(S(=O)(=O)N(C)C)s1)C1CCCCC1. The molecule has 1 aromatic heterocycles. The van der Waals surface area contributed by atoms with E-state index in [1.165, 1.54) is 59.7 Å². The van der Waals surface area contributed by atoms with Gasteiger partial charge in [0.15, 0.2) is 0 Å². The van der Waals surface area contributed by atoms with Crippen LogP contribution in [-0.4, -0.2) is 39.9 Å². The van der Waals surface area contributed by atoms with Gasteiger partial charge in [0.2, 0.25) is 0 Å². The molecule has 9 heteroatoms. The lowest BCUT2D eigenvalue weighted by Crippen LogP contribution is -2.33. The van der Waals surface area contributed by atoms with Crippen molar-refractivity contribution in [2.24, 2.45) is 0 Å². The van der Waals surface area contributed by atoms with Gasteiger partial charge in [-0.3, -0.25) is 0 Å². The maximum Gasteiger partial charge on any atom is 0.252 e. The third kappa shape index (κ3) is 4.79. The van der Waals surface area contributed by atoms with Gasteiger partial charge in [-0.15, -0.1) is 11.3 Å². The van der Waals surface area contributed by atoms with Crippen molar-refractivity contribution in [3.8, 4) is 0 Å². The Hall–Kier alpha value is -0.930. The first-order valence-corrected chi connectivity index (χ1v) is 12.7. The zero-order chi connectivity index (χ0) is 20.3. The molecule has 0 spiro atoms. The summed E-state index contributed by atoms with van der Waals surface area (Å²) < 4.78 is 30.4. The molecule has 1 aliphatic carbocycles. The number of nitrogens with one attached hydrogen (secondary N) is 1. The van der Waals surface area contributed by atoms with E-state index < -0.39 is 10.0 Å². The largest absolute Gasteiger partial charge is 0.369 e. The molecule has 0 radical (unpaired) electrons. The summed E-state index contributed by atoms with van der Waals surface area (Å²) in [4.78, 5) is 2.29. The molecule has 2 aromatic rings. The molecule has 0 aliphatic heterocycles. The first-order chi connectivity index (χ1) is 13.3. The number of hydrogen-bond donors (Lipinski definition) is 1. The highest BCUT2D eigenvalue weighted by atomic mass is 35.5. The van der Waals surface area contributed by atoms with E-state index >= 15 is 0 Å². The van der Waals surface area contributed by atoms with Gasteiger partial charge < -0.3 is 9.62 Å². The van der Waals surface area contributed by atoms with Crippen molar-refractivity contribution in [3.05, 3.63) is 35.4 Å². The normalized spacial score (nSPS) is 15.8. The van der Waals surface area contributed by atoms with Crippen LogP contribution in [-0.2, 0) is 10.0 Å². The first-order valence-electron chi connectivity index (χ1n) is 9.27. The number of benzene rings is 1. The third-order valence-corrected chi connectivity index (χ3v) is 9.64. The number of sulfonamides is 1. The van der Waals surface area contributed by atoms with E-state index in [4.69, 9.17) is 11.6 Å². The molecule has 1 N–H and O–H groups in total. The Morgan fingerprint density at radius 2 is 1.82 bits per heavy atom. The van der Waals surface area contributed by atoms with Crippen molar-refractivity contribution in [1.82, 2.24) is 4.31 Å². The molecular weight excluding hydrogens is 434 g/mol. The fourth-order valence-electron chi connectivity index (χ4n) is 3.39. The van der Waals surface area contributed by atoms with Crippen molar-refractivity contribution in [1.29, 1.82) is 0 Å². The third-order valence-electron chi connectivity index (χ3n) is 5.02. The van der Waals surface area contributed by atoms with E-state index in [0.717, 1.165) is 20.6 Å². The number of halogens is 1. The quantitative estimate of drug-likeness (QED) is 0.551. The van der Waals surface area contributed by atoms with Crippen LogP contribution in [0.4, 0.5) is 11.4 Å². The molecule has 28 heavy (non-hydrogen) atoms. The van der Waals surface area contributed by atoms with Crippen molar-refractivity contribution in [3.63, 3.8) is 0 Å². The molecular formula is C19H26ClN3O2S3. The van der Waals surface area contributed by atoms with Crippen molar-refractivity contribution in [2.45, 2.75) is 46.6 Å². The van der Waals surface area contributed by atoms with E-state index in [2.05, 4.69) is 16.7 Å². The van der Waals surface area contributed by atoms with E-state index in [-0.39, 0.29) is 0 Å². The zero-order valence-electron chi connectivity index (χ0n) is 16.3. The van der Waals surface area contributed by atoms with E-state index in [1.54, 1.807) is 20.2 Å². The van der Waals surface area contributed by atoms with Crippen LogP contribution in [0, 0.1) is 0 Å². The fraction of sp³-hybridized carbons (Fsp3) is 0.474. The van der Waals surface area contributed by atoms with Crippen LogP contribution in [0.2, 0.25) is 5.02 Å². The van der Waals surface area contributed by atoms with Crippen LogP contribution < -0.4 is 9.62 Å². The maximum atomic E-state index is 12.3. The minimum atomic E-state index is -3.40. The summed E-state index contributed by atoms with van der Waals surface area (Å²) in [5.41, 5.74) is 1.94. The van der Waals surface area contributed by atoms with Gasteiger partial charge in [-0.2, -0.15) is 0 Å². The fourth-order valence-corrected chi connectivity index (χ4v) is 7.14. The number of hydrogen-bond acceptors (Lipinski definition) is 6. The highest BCUT2D eigenvalue weighted by Gasteiger charge is 2.23. The highest BCUT2D eigenvalue weighted by Crippen LogP contribution is 2.40. The second-order valence-electron chi connectivity index (χ2n) is 7.10. The topological polar surface area (TPSA) is 52.7 Å². The summed E-state index contributed by atoms with van der Waals surface area (Å²) in [5, 5.41) is 0.723. The van der Waals surface area contributed by atoms with Crippen molar-refractivity contribution >= 4 is 56.3 Å². The lowest BCUT2D eigenvalue weighted by molar-refractivity contribution is 0.428. The number of thiophene rings is 1. The van der Waals surface area contributed by atoms with Crippen LogP contribution in [0.3, 0.4) is 0 Å². The van der Waals surface area contributed by atoms with E-state index in [0.29, 0.717) is 10.3 Å². The minimum absolute atomic E-state index is 0.340. The van der Waals surface area contributed by atoms with Gasteiger partial charge in [-0.1, -0.05) is 36.9 Å². The van der Waals surface area contributed by atoms with Gasteiger partial charge >= 0.3 is 0 Å². The highest BCUT2D eigenvalue weighted by molar-refractivity contribution is 8.02. The van der Waals surface area contributed by atoms with Crippen LogP contribution in [0.5, 0.6) is 0 Å². The molecule has 154 valence electrons. The Kier molecular flexibility index (Phi) is 7.20. The van der Waals surface area contributed by atoms with Gasteiger partial charge in [0, 0.05) is 27.2 Å². The predicted molar refractivity (Wildman–Crippen MR) is 121 cm³/mol. The molecule has 0 amide bonds. The Morgan fingerprint density at radius 3 is 2.50 bits per heavy atom. The number of rotatable bonds is 7. The Morgan fingerprint density at radius 1 is 1.11 bits per heavy atom. The van der Waals surface area contributed by atoms with Crippen molar-refractivity contribution in [2.75, 3.05) is 30.8 Å². The summed E-state index contributed by atoms with van der Waals surface area (Å²) in [6, 6.07) is 9.83. The number of para-hydroxylation sites is 1. The van der Waals surface area contributed by atoms with Crippen LogP contribution in [0.1, 0.15) is 32.1 Å². The average molecular weight is 460 g/mol. The van der Waals surface area contributed by atoms with Gasteiger partial charge in [-0.25, -0.2) is 12.7 Å². The molecule has 1 aliphatic rings. The van der Waals surface area contributed by atoms with Gasteiger partial charge in [0.05, 0.1) is 20.6 Å². The molecule has 0 atom stereocenters. The summed E-state index contributed by atoms with van der Waals surface area (Å²) in [5.74, 6) is 0. The standard InChI is InChI=1S/C19H26ClN3O2S3/c1-22(2)28(24,25)18-13-12-17(26-18)27-21-16-11-7-10-15(20)19(16)23(3)14-8-5-4-6-9-14/h7,10-14,21H,4-6,8-9H2,1-3H3. The lowest BCUT2D eigenvalue weighted by Gasteiger charge is -2.34. The zero-order valence-corrected chi connectivity index (χ0v) is 19.5. The lowest BCUT2D eigenvalue weighted by atomic mass is 9.94. The van der Waals surface area contributed by atoms with Gasteiger partial charge in [-0.05, 0) is 49.1 Å². The summed E-state index contributed by atoms with van der Waals surface area (Å²) in [6.45, 7) is 0. The first kappa shape index (κ1) is 21.8. The molecule has 0 saturated heterocycles. The Labute approximate surface area is 181 Å². The molecule has 1 heterocycles. The molecule has 5 nitrogen and oxygen atoms in total. The average Bonchev–Trinajstić information content (AvgIpc) is 3.16. The number of anilines is 2.